The Morgan fingerprint density at radius 3 is 2.82 bits per heavy atom. The van der Waals surface area contributed by atoms with Gasteiger partial charge in [-0.25, -0.2) is 9.97 Å². The van der Waals surface area contributed by atoms with E-state index in [0.29, 0.717) is 29.6 Å². The largest absolute Gasteiger partial charge is 0.497 e. The minimum atomic E-state index is 0.530. The van der Waals surface area contributed by atoms with Crippen molar-refractivity contribution in [3.05, 3.63) is 73.0 Å². The molecule has 140 valence electrons. The smallest absolute Gasteiger partial charge is 0.223 e. The SMILES string of the molecule is COc1cccc(CCNc2ncc(-c3cnccn3)c(-c3ccco3)n2)c1. The van der Waals surface area contributed by atoms with Crippen LogP contribution in [0.15, 0.2) is 71.9 Å². The number of nitrogens with one attached hydrogen (secondary N) is 1. The van der Waals surface area contributed by atoms with Crippen LogP contribution in [0.2, 0.25) is 0 Å². The topological polar surface area (TPSA) is 86.0 Å². The molecule has 0 atom stereocenters. The Balaban J connectivity index is 1.54. The molecule has 0 aliphatic heterocycles. The molecule has 0 fully saturated rings. The van der Waals surface area contributed by atoms with Crippen molar-refractivity contribution in [3.8, 4) is 28.5 Å². The second-order valence-electron chi connectivity index (χ2n) is 6.05. The Labute approximate surface area is 162 Å². The van der Waals surface area contributed by atoms with Gasteiger partial charge in [0.1, 0.15) is 11.4 Å². The molecule has 0 saturated carbocycles. The Morgan fingerprint density at radius 1 is 1.07 bits per heavy atom. The molecule has 0 amide bonds. The third-order valence-electron chi connectivity index (χ3n) is 4.21. The second-order valence-corrected chi connectivity index (χ2v) is 6.05. The highest BCUT2D eigenvalue weighted by atomic mass is 16.5. The molecule has 4 aromatic rings. The third kappa shape index (κ3) is 3.98. The van der Waals surface area contributed by atoms with Gasteiger partial charge in [-0.1, -0.05) is 12.1 Å². The van der Waals surface area contributed by atoms with Crippen molar-refractivity contribution in [1.29, 1.82) is 0 Å². The van der Waals surface area contributed by atoms with Gasteiger partial charge in [0.2, 0.25) is 5.95 Å². The van der Waals surface area contributed by atoms with Crippen LogP contribution in [0.4, 0.5) is 5.95 Å². The molecule has 28 heavy (non-hydrogen) atoms. The van der Waals surface area contributed by atoms with Gasteiger partial charge in [0.15, 0.2) is 5.76 Å². The molecule has 1 aromatic carbocycles. The summed E-state index contributed by atoms with van der Waals surface area (Å²) in [6, 6.07) is 11.7. The minimum absolute atomic E-state index is 0.530. The number of hydrogen-bond acceptors (Lipinski definition) is 7. The summed E-state index contributed by atoms with van der Waals surface area (Å²) in [4.78, 5) is 17.6. The van der Waals surface area contributed by atoms with E-state index >= 15 is 0 Å². The van der Waals surface area contributed by atoms with E-state index in [1.54, 1.807) is 38.2 Å². The molecule has 0 spiro atoms. The average Bonchev–Trinajstić information content (AvgIpc) is 3.29. The zero-order chi connectivity index (χ0) is 19.2. The number of anilines is 1. The first-order valence-corrected chi connectivity index (χ1v) is 8.87. The van der Waals surface area contributed by atoms with Crippen LogP contribution in [-0.2, 0) is 6.42 Å². The Hall–Kier alpha value is -3.74. The number of hydrogen-bond donors (Lipinski definition) is 1. The summed E-state index contributed by atoms with van der Waals surface area (Å²) in [5, 5.41) is 3.27. The van der Waals surface area contributed by atoms with Crippen LogP contribution >= 0.6 is 0 Å². The van der Waals surface area contributed by atoms with Crippen LogP contribution < -0.4 is 10.1 Å². The van der Waals surface area contributed by atoms with Gasteiger partial charge >= 0.3 is 0 Å². The molecular formula is C21H19N5O2. The molecule has 0 radical (unpaired) electrons. The van der Waals surface area contributed by atoms with Crippen LogP contribution in [0.1, 0.15) is 5.56 Å². The third-order valence-corrected chi connectivity index (χ3v) is 4.21. The van der Waals surface area contributed by atoms with E-state index in [1.165, 1.54) is 5.56 Å². The van der Waals surface area contributed by atoms with E-state index in [9.17, 15) is 0 Å². The van der Waals surface area contributed by atoms with Crippen LogP contribution in [0, 0.1) is 0 Å². The molecule has 7 heteroatoms. The van der Waals surface area contributed by atoms with Gasteiger partial charge in [0.05, 0.1) is 25.3 Å². The van der Waals surface area contributed by atoms with Crippen molar-refractivity contribution in [2.45, 2.75) is 6.42 Å². The fourth-order valence-corrected chi connectivity index (χ4v) is 2.84. The van der Waals surface area contributed by atoms with Gasteiger partial charge in [0, 0.05) is 30.7 Å². The number of furan rings is 1. The molecule has 4 rings (SSSR count). The van der Waals surface area contributed by atoms with E-state index in [4.69, 9.17) is 9.15 Å². The van der Waals surface area contributed by atoms with E-state index in [0.717, 1.165) is 17.7 Å². The molecule has 0 saturated heterocycles. The number of aromatic nitrogens is 4. The number of benzene rings is 1. The van der Waals surface area contributed by atoms with Gasteiger partial charge in [-0.05, 0) is 36.2 Å². The van der Waals surface area contributed by atoms with Crippen molar-refractivity contribution < 1.29 is 9.15 Å². The maximum atomic E-state index is 5.56. The van der Waals surface area contributed by atoms with Crippen LogP contribution in [0.25, 0.3) is 22.7 Å². The standard InChI is InChI=1S/C21H19N5O2/c1-27-16-5-2-4-15(12-16)7-8-24-21-25-13-17(18-14-22-9-10-23-18)20(26-21)19-6-3-11-28-19/h2-6,9-14H,7-8H2,1H3,(H,24,25,26). The number of methoxy groups -OCH3 is 1. The lowest BCUT2D eigenvalue weighted by atomic mass is 10.1. The predicted octanol–water partition coefficient (Wildman–Crippen LogP) is 3.86. The lowest BCUT2D eigenvalue weighted by molar-refractivity contribution is 0.414. The first-order chi connectivity index (χ1) is 13.8. The second kappa shape index (κ2) is 8.30. The van der Waals surface area contributed by atoms with E-state index in [-0.39, 0.29) is 0 Å². The van der Waals surface area contributed by atoms with Crippen LogP contribution in [0.3, 0.4) is 0 Å². The van der Waals surface area contributed by atoms with Gasteiger partial charge < -0.3 is 14.5 Å². The molecule has 3 aromatic heterocycles. The summed E-state index contributed by atoms with van der Waals surface area (Å²) in [5.74, 6) is 2.03. The molecule has 1 N–H and O–H groups in total. The van der Waals surface area contributed by atoms with E-state index in [1.807, 2.05) is 30.3 Å². The number of rotatable bonds is 7. The first kappa shape index (κ1) is 17.7. The van der Waals surface area contributed by atoms with Gasteiger partial charge in [-0.15, -0.1) is 0 Å². The monoisotopic (exact) mass is 373 g/mol. The normalized spacial score (nSPS) is 10.6. The highest BCUT2D eigenvalue weighted by Crippen LogP contribution is 2.29. The quantitative estimate of drug-likeness (QED) is 0.526. The van der Waals surface area contributed by atoms with Crippen molar-refractivity contribution in [2.24, 2.45) is 0 Å². The summed E-state index contributed by atoms with van der Waals surface area (Å²) in [6.45, 7) is 0.690. The lowest BCUT2D eigenvalue weighted by Gasteiger charge is -2.10. The van der Waals surface area contributed by atoms with E-state index in [2.05, 4.69) is 31.3 Å². The highest BCUT2D eigenvalue weighted by Gasteiger charge is 2.14. The van der Waals surface area contributed by atoms with Crippen molar-refractivity contribution in [1.82, 2.24) is 19.9 Å². The Morgan fingerprint density at radius 2 is 2.04 bits per heavy atom. The van der Waals surface area contributed by atoms with Crippen LogP contribution in [-0.4, -0.2) is 33.6 Å². The van der Waals surface area contributed by atoms with Crippen molar-refractivity contribution in [2.75, 3.05) is 19.0 Å². The zero-order valence-electron chi connectivity index (χ0n) is 15.4. The maximum Gasteiger partial charge on any atom is 0.223 e. The highest BCUT2D eigenvalue weighted by molar-refractivity contribution is 5.76. The molecular weight excluding hydrogens is 354 g/mol. The number of nitrogens with zero attached hydrogens (tertiary/aromatic N) is 4. The molecule has 0 unspecified atom stereocenters. The molecule has 7 nitrogen and oxygen atoms in total. The lowest BCUT2D eigenvalue weighted by Crippen LogP contribution is -2.09. The summed E-state index contributed by atoms with van der Waals surface area (Å²) in [5.41, 5.74) is 3.30. The van der Waals surface area contributed by atoms with Gasteiger partial charge in [-0.2, -0.15) is 0 Å². The maximum absolute atomic E-state index is 5.56. The van der Waals surface area contributed by atoms with E-state index < -0.39 is 0 Å². The van der Waals surface area contributed by atoms with Crippen molar-refractivity contribution >= 4 is 5.95 Å². The summed E-state index contributed by atoms with van der Waals surface area (Å²) >= 11 is 0. The van der Waals surface area contributed by atoms with Crippen LogP contribution in [0.5, 0.6) is 5.75 Å². The predicted molar refractivity (Wildman–Crippen MR) is 106 cm³/mol. The average molecular weight is 373 g/mol. The fraction of sp³-hybridized carbons (Fsp3) is 0.143. The Kier molecular flexibility index (Phi) is 5.24. The Bertz CT molecular complexity index is 1040. The first-order valence-electron chi connectivity index (χ1n) is 8.87. The number of ether oxygens (including phenoxy) is 1. The summed E-state index contributed by atoms with van der Waals surface area (Å²) in [7, 11) is 1.67. The molecule has 0 aliphatic carbocycles. The minimum Gasteiger partial charge on any atom is -0.497 e. The van der Waals surface area contributed by atoms with Crippen molar-refractivity contribution in [3.63, 3.8) is 0 Å². The molecule has 3 heterocycles. The van der Waals surface area contributed by atoms with Gasteiger partial charge in [-0.3, -0.25) is 9.97 Å². The molecule has 0 bridgehead atoms. The summed E-state index contributed by atoms with van der Waals surface area (Å²) in [6.07, 6.45) is 9.13. The van der Waals surface area contributed by atoms with Gasteiger partial charge in [0.25, 0.3) is 0 Å². The zero-order valence-corrected chi connectivity index (χ0v) is 15.4. The molecule has 0 aliphatic rings. The fourth-order valence-electron chi connectivity index (χ4n) is 2.84. The summed E-state index contributed by atoms with van der Waals surface area (Å²) < 4.78 is 10.8.